The number of rotatable bonds is 5. The number of hydrogen-bond acceptors (Lipinski definition) is 2. The molecule has 0 saturated heterocycles. The van der Waals surface area contributed by atoms with Crippen molar-refractivity contribution in [2.75, 3.05) is 11.9 Å². The van der Waals surface area contributed by atoms with Crippen LogP contribution in [-0.4, -0.2) is 12.1 Å². The highest BCUT2D eigenvalue weighted by atomic mass is 35.5. The molecule has 0 amide bonds. The molecule has 0 aliphatic heterocycles. The first kappa shape index (κ1) is 14.3. The van der Waals surface area contributed by atoms with Crippen LogP contribution in [0.25, 0.3) is 0 Å². The normalized spacial score (nSPS) is 14.8. The highest BCUT2D eigenvalue weighted by Crippen LogP contribution is 2.25. The minimum Gasteiger partial charge on any atom is -0.379 e. The summed E-state index contributed by atoms with van der Waals surface area (Å²) in [6.45, 7) is 9.18. The van der Waals surface area contributed by atoms with Crippen molar-refractivity contribution in [2.24, 2.45) is 11.7 Å². The van der Waals surface area contributed by atoms with Gasteiger partial charge in [0.25, 0.3) is 0 Å². The lowest BCUT2D eigenvalue weighted by Gasteiger charge is -2.32. The third kappa shape index (κ3) is 4.21. The molecule has 0 radical (unpaired) electrons. The molecule has 0 aromatic heterocycles. The molecule has 0 fully saturated rings. The number of anilines is 1. The Bertz CT molecular complexity index is 376. The minimum absolute atomic E-state index is 0.0766. The van der Waals surface area contributed by atoms with E-state index in [1.54, 1.807) is 0 Å². The highest BCUT2D eigenvalue weighted by molar-refractivity contribution is 6.31. The van der Waals surface area contributed by atoms with Crippen LogP contribution in [0.2, 0.25) is 5.02 Å². The third-order valence-corrected chi connectivity index (χ3v) is 3.33. The second kappa shape index (κ2) is 5.74. The molecule has 0 aliphatic carbocycles. The zero-order valence-corrected chi connectivity index (χ0v) is 11.9. The van der Waals surface area contributed by atoms with Gasteiger partial charge >= 0.3 is 0 Å². The van der Waals surface area contributed by atoms with E-state index in [1.807, 2.05) is 19.1 Å². The van der Waals surface area contributed by atoms with Crippen LogP contribution in [0.3, 0.4) is 0 Å². The zero-order chi connectivity index (χ0) is 13.1. The molecule has 0 heterocycles. The van der Waals surface area contributed by atoms with Gasteiger partial charge in [-0.1, -0.05) is 31.5 Å². The lowest BCUT2D eigenvalue weighted by Crippen LogP contribution is -2.43. The third-order valence-electron chi connectivity index (χ3n) is 2.93. The summed E-state index contributed by atoms with van der Waals surface area (Å²) in [5, 5.41) is 4.29. The monoisotopic (exact) mass is 254 g/mol. The Morgan fingerprint density at radius 2 is 2.06 bits per heavy atom. The van der Waals surface area contributed by atoms with Crippen molar-refractivity contribution >= 4 is 17.3 Å². The maximum Gasteiger partial charge on any atom is 0.0470 e. The van der Waals surface area contributed by atoms with Gasteiger partial charge in [0, 0.05) is 22.8 Å². The maximum atomic E-state index is 6.12. The Kier molecular flexibility index (Phi) is 4.84. The summed E-state index contributed by atoms with van der Waals surface area (Å²) in [5.41, 5.74) is 7.93. The number of nitrogens with one attached hydrogen (secondary N) is 1. The molecule has 0 spiro atoms. The van der Waals surface area contributed by atoms with E-state index in [9.17, 15) is 0 Å². The first-order valence-corrected chi connectivity index (χ1v) is 6.48. The molecule has 3 N–H and O–H groups in total. The van der Waals surface area contributed by atoms with Gasteiger partial charge in [0.1, 0.15) is 0 Å². The van der Waals surface area contributed by atoms with Crippen LogP contribution in [0.1, 0.15) is 32.8 Å². The van der Waals surface area contributed by atoms with E-state index < -0.39 is 0 Å². The fourth-order valence-electron chi connectivity index (χ4n) is 2.11. The predicted molar refractivity (Wildman–Crippen MR) is 76.7 cm³/mol. The van der Waals surface area contributed by atoms with E-state index in [0.717, 1.165) is 22.7 Å². The first-order chi connectivity index (χ1) is 7.86. The maximum absolute atomic E-state index is 6.12. The number of aryl methyl sites for hydroxylation is 1. The fraction of sp³-hybridized carbons (Fsp3) is 0.571. The molecular weight excluding hydrogens is 232 g/mol. The average Bonchev–Trinajstić information content (AvgIpc) is 2.22. The summed E-state index contributed by atoms with van der Waals surface area (Å²) in [6.07, 6.45) is 1.04. The fourth-order valence-corrected chi connectivity index (χ4v) is 2.29. The van der Waals surface area contributed by atoms with Crippen LogP contribution in [0.4, 0.5) is 5.69 Å². The van der Waals surface area contributed by atoms with Gasteiger partial charge in [-0.05, 0) is 43.9 Å². The van der Waals surface area contributed by atoms with Crippen molar-refractivity contribution in [2.45, 2.75) is 39.7 Å². The van der Waals surface area contributed by atoms with E-state index in [-0.39, 0.29) is 5.54 Å². The first-order valence-electron chi connectivity index (χ1n) is 6.11. The summed E-state index contributed by atoms with van der Waals surface area (Å²) in [5.74, 6) is 0.608. The van der Waals surface area contributed by atoms with Gasteiger partial charge in [0.05, 0.1) is 0 Å². The van der Waals surface area contributed by atoms with Crippen molar-refractivity contribution < 1.29 is 0 Å². The second-order valence-electron chi connectivity index (χ2n) is 5.45. The van der Waals surface area contributed by atoms with E-state index in [1.165, 1.54) is 0 Å². The standard InChI is InChI=1S/C14H23ClN2/c1-10(2)8-14(4,9-16)17-12-6-5-11(3)13(15)7-12/h5-7,10,17H,8-9,16H2,1-4H3. The Hall–Kier alpha value is -0.730. The Morgan fingerprint density at radius 3 is 2.53 bits per heavy atom. The van der Waals surface area contributed by atoms with Gasteiger partial charge in [-0.2, -0.15) is 0 Å². The smallest absolute Gasteiger partial charge is 0.0470 e. The van der Waals surface area contributed by atoms with Gasteiger partial charge in [-0.15, -0.1) is 0 Å². The number of nitrogens with two attached hydrogens (primary N) is 1. The number of halogens is 1. The van der Waals surface area contributed by atoms with Crippen molar-refractivity contribution in [3.05, 3.63) is 28.8 Å². The molecule has 1 rings (SSSR count). The van der Waals surface area contributed by atoms with Crippen LogP contribution in [0.5, 0.6) is 0 Å². The SMILES string of the molecule is Cc1ccc(NC(C)(CN)CC(C)C)cc1Cl. The molecule has 0 aliphatic rings. The highest BCUT2D eigenvalue weighted by Gasteiger charge is 2.23. The summed E-state index contributed by atoms with van der Waals surface area (Å²) < 4.78 is 0. The van der Waals surface area contributed by atoms with Crippen LogP contribution in [0.15, 0.2) is 18.2 Å². The second-order valence-corrected chi connectivity index (χ2v) is 5.86. The average molecular weight is 255 g/mol. The molecule has 96 valence electrons. The number of hydrogen-bond donors (Lipinski definition) is 2. The van der Waals surface area contributed by atoms with Crippen LogP contribution < -0.4 is 11.1 Å². The van der Waals surface area contributed by atoms with Gasteiger partial charge in [-0.3, -0.25) is 0 Å². The molecule has 0 bridgehead atoms. The van der Waals surface area contributed by atoms with Crippen molar-refractivity contribution in [3.63, 3.8) is 0 Å². The van der Waals surface area contributed by atoms with Gasteiger partial charge < -0.3 is 11.1 Å². The largest absolute Gasteiger partial charge is 0.379 e. The van der Waals surface area contributed by atoms with Crippen molar-refractivity contribution in [1.29, 1.82) is 0 Å². The van der Waals surface area contributed by atoms with Gasteiger partial charge in [0.15, 0.2) is 0 Å². The zero-order valence-electron chi connectivity index (χ0n) is 11.2. The van der Waals surface area contributed by atoms with Gasteiger partial charge in [0.2, 0.25) is 0 Å². The molecule has 2 nitrogen and oxygen atoms in total. The lowest BCUT2D eigenvalue weighted by atomic mass is 9.90. The minimum atomic E-state index is -0.0766. The van der Waals surface area contributed by atoms with Crippen LogP contribution >= 0.6 is 11.6 Å². The predicted octanol–water partition coefficient (Wildman–Crippen LogP) is 3.82. The summed E-state index contributed by atoms with van der Waals surface area (Å²) >= 11 is 6.12. The van der Waals surface area contributed by atoms with Crippen LogP contribution in [0, 0.1) is 12.8 Å². The topological polar surface area (TPSA) is 38.0 Å². The summed E-state index contributed by atoms with van der Waals surface area (Å²) in [6, 6.07) is 6.04. The van der Waals surface area contributed by atoms with E-state index >= 15 is 0 Å². The molecule has 3 heteroatoms. The molecule has 1 aromatic rings. The quantitative estimate of drug-likeness (QED) is 0.838. The lowest BCUT2D eigenvalue weighted by molar-refractivity contribution is 0.407. The molecule has 17 heavy (non-hydrogen) atoms. The molecular formula is C14H23ClN2. The Balaban J connectivity index is 2.83. The van der Waals surface area contributed by atoms with E-state index in [4.69, 9.17) is 17.3 Å². The molecule has 0 saturated carbocycles. The Morgan fingerprint density at radius 1 is 1.41 bits per heavy atom. The van der Waals surface area contributed by atoms with Crippen LogP contribution in [-0.2, 0) is 0 Å². The molecule has 1 unspecified atom stereocenters. The molecule has 1 aromatic carbocycles. The van der Waals surface area contributed by atoms with Crippen molar-refractivity contribution in [1.82, 2.24) is 0 Å². The molecule has 1 atom stereocenters. The van der Waals surface area contributed by atoms with E-state index in [2.05, 4.69) is 32.2 Å². The Labute approximate surface area is 110 Å². The van der Waals surface area contributed by atoms with Gasteiger partial charge in [-0.25, -0.2) is 0 Å². The van der Waals surface area contributed by atoms with Crippen molar-refractivity contribution in [3.8, 4) is 0 Å². The summed E-state index contributed by atoms with van der Waals surface area (Å²) in [7, 11) is 0. The number of benzene rings is 1. The van der Waals surface area contributed by atoms with E-state index in [0.29, 0.717) is 12.5 Å². The summed E-state index contributed by atoms with van der Waals surface area (Å²) in [4.78, 5) is 0.